The van der Waals surface area contributed by atoms with E-state index in [0.717, 1.165) is 31.6 Å². The largest absolute Gasteiger partial charge is 0.476 e. The highest BCUT2D eigenvalue weighted by Crippen LogP contribution is 2.31. The number of dihydropyridines is 1. The molecular weight excluding hydrogens is 278 g/mol. The lowest BCUT2D eigenvalue weighted by Crippen LogP contribution is -2.33. The fourth-order valence-electron chi connectivity index (χ4n) is 3.34. The van der Waals surface area contributed by atoms with Crippen LogP contribution in [0.3, 0.4) is 0 Å². The molecule has 4 heteroatoms. The SMILES string of the molecule is CCC1C=C(C)C=C(O[C@@H]2CCCC(CCC(=O)OC)C2)N1. The monoisotopic (exact) mass is 307 g/mol. The maximum absolute atomic E-state index is 11.3. The number of nitrogens with one attached hydrogen (secondary N) is 1. The summed E-state index contributed by atoms with van der Waals surface area (Å²) in [6.45, 7) is 4.29. The van der Waals surface area contributed by atoms with Gasteiger partial charge in [0.1, 0.15) is 6.10 Å². The topological polar surface area (TPSA) is 47.6 Å². The predicted octanol–water partition coefficient (Wildman–Crippen LogP) is 3.68. The molecule has 0 spiro atoms. The second-order valence-corrected chi connectivity index (χ2v) is 6.47. The zero-order chi connectivity index (χ0) is 15.9. The third-order valence-corrected chi connectivity index (χ3v) is 4.60. The molecule has 0 aromatic rings. The summed E-state index contributed by atoms with van der Waals surface area (Å²) in [6, 6.07) is 0.374. The predicted molar refractivity (Wildman–Crippen MR) is 87.1 cm³/mol. The van der Waals surface area contributed by atoms with Gasteiger partial charge in [0.25, 0.3) is 0 Å². The Morgan fingerprint density at radius 2 is 2.23 bits per heavy atom. The van der Waals surface area contributed by atoms with Crippen LogP contribution in [0.2, 0.25) is 0 Å². The molecule has 0 amide bonds. The molecule has 1 aliphatic heterocycles. The number of rotatable bonds is 6. The van der Waals surface area contributed by atoms with E-state index in [1.165, 1.54) is 25.5 Å². The lowest BCUT2D eigenvalue weighted by molar-refractivity contribution is -0.141. The molecule has 2 aliphatic rings. The van der Waals surface area contributed by atoms with Gasteiger partial charge in [0.05, 0.1) is 7.11 Å². The first-order valence-electron chi connectivity index (χ1n) is 8.50. The van der Waals surface area contributed by atoms with Crippen LogP contribution in [0.4, 0.5) is 0 Å². The Kier molecular flexibility index (Phi) is 6.34. The van der Waals surface area contributed by atoms with E-state index < -0.39 is 0 Å². The van der Waals surface area contributed by atoms with Crippen molar-refractivity contribution in [1.29, 1.82) is 0 Å². The van der Waals surface area contributed by atoms with Crippen molar-refractivity contribution in [3.8, 4) is 0 Å². The zero-order valence-electron chi connectivity index (χ0n) is 14.1. The Morgan fingerprint density at radius 1 is 1.41 bits per heavy atom. The van der Waals surface area contributed by atoms with Gasteiger partial charge in [0, 0.05) is 18.5 Å². The van der Waals surface area contributed by atoms with Gasteiger partial charge in [-0.25, -0.2) is 0 Å². The highest BCUT2D eigenvalue weighted by Gasteiger charge is 2.25. The van der Waals surface area contributed by atoms with Crippen LogP contribution in [-0.4, -0.2) is 25.2 Å². The van der Waals surface area contributed by atoms with Gasteiger partial charge in [-0.1, -0.05) is 19.4 Å². The average molecular weight is 307 g/mol. The summed E-state index contributed by atoms with van der Waals surface area (Å²) in [5.41, 5.74) is 1.26. The maximum atomic E-state index is 11.3. The fourth-order valence-corrected chi connectivity index (χ4v) is 3.34. The quantitative estimate of drug-likeness (QED) is 0.760. The summed E-state index contributed by atoms with van der Waals surface area (Å²) in [5, 5.41) is 3.44. The van der Waals surface area contributed by atoms with Crippen molar-refractivity contribution >= 4 is 5.97 Å². The Balaban J connectivity index is 1.82. The first-order valence-corrected chi connectivity index (χ1v) is 8.50. The minimum absolute atomic E-state index is 0.105. The number of carbonyl (C=O) groups is 1. The molecule has 0 bridgehead atoms. The van der Waals surface area contributed by atoms with Crippen LogP contribution >= 0.6 is 0 Å². The highest BCUT2D eigenvalue weighted by molar-refractivity contribution is 5.69. The summed E-state index contributed by atoms with van der Waals surface area (Å²) >= 11 is 0. The first-order chi connectivity index (χ1) is 10.6. The van der Waals surface area contributed by atoms with Crippen LogP contribution < -0.4 is 5.32 Å². The third-order valence-electron chi connectivity index (χ3n) is 4.60. The highest BCUT2D eigenvalue weighted by atomic mass is 16.5. The molecule has 4 nitrogen and oxygen atoms in total. The van der Waals surface area contributed by atoms with Gasteiger partial charge in [-0.15, -0.1) is 0 Å². The Hall–Kier alpha value is -1.45. The van der Waals surface area contributed by atoms with E-state index in [1.807, 2.05) is 0 Å². The van der Waals surface area contributed by atoms with E-state index in [1.54, 1.807) is 0 Å². The van der Waals surface area contributed by atoms with E-state index in [2.05, 4.69) is 31.3 Å². The molecule has 1 N–H and O–H groups in total. The van der Waals surface area contributed by atoms with Crippen LogP contribution in [-0.2, 0) is 14.3 Å². The molecule has 124 valence electrons. The number of hydrogen-bond donors (Lipinski definition) is 1. The van der Waals surface area contributed by atoms with E-state index >= 15 is 0 Å². The van der Waals surface area contributed by atoms with Crippen molar-refractivity contribution in [3.05, 3.63) is 23.6 Å². The number of carbonyl (C=O) groups excluding carboxylic acids is 1. The summed E-state index contributed by atoms with van der Waals surface area (Å²) in [7, 11) is 1.45. The van der Waals surface area contributed by atoms with Crippen LogP contribution in [0, 0.1) is 5.92 Å². The minimum Gasteiger partial charge on any atom is -0.476 e. The molecule has 1 aliphatic carbocycles. The molecule has 1 heterocycles. The second-order valence-electron chi connectivity index (χ2n) is 6.47. The van der Waals surface area contributed by atoms with Gasteiger partial charge in [-0.2, -0.15) is 0 Å². The van der Waals surface area contributed by atoms with Crippen molar-refractivity contribution in [2.24, 2.45) is 5.92 Å². The second kappa shape index (κ2) is 8.25. The van der Waals surface area contributed by atoms with E-state index in [9.17, 15) is 4.79 Å². The van der Waals surface area contributed by atoms with Crippen LogP contribution in [0.1, 0.15) is 58.8 Å². The standard InChI is InChI=1S/C18H29NO3/c1-4-15-10-13(2)11-17(19-15)22-16-7-5-6-14(12-16)8-9-18(20)21-3/h10-11,14-16,19H,4-9,12H2,1-3H3/t14?,15?,16-/m1/s1. The van der Waals surface area contributed by atoms with Crippen molar-refractivity contribution in [1.82, 2.24) is 5.32 Å². The summed E-state index contributed by atoms with van der Waals surface area (Å²) in [5.74, 6) is 1.37. The van der Waals surface area contributed by atoms with Gasteiger partial charge in [0.15, 0.2) is 5.88 Å². The van der Waals surface area contributed by atoms with E-state index in [-0.39, 0.29) is 12.1 Å². The first kappa shape index (κ1) is 16.9. The maximum Gasteiger partial charge on any atom is 0.305 e. The van der Waals surface area contributed by atoms with Gasteiger partial charge < -0.3 is 14.8 Å². The molecule has 22 heavy (non-hydrogen) atoms. The van der Waals surface area contributed by atoms with E-state index in [4.69, 9.17) is 9.47 Å². The van der Waals surface area contributed by atoms with Crippen molar-refractivity contribution in [2.45, 2.75) is 70.9 Å². The molecule has 1 fully saturated rings. The lowest BCUT2D eigenvalue weighted by Gasteiger charge is -2.32. The normalized spacial score (nSPS) is 28.2. The zero-order valence-corrected chi connectivity index (χ0v) is 14.1. The van der Waals surface area contributed by atoms with Gasteiger partial charge >= 0.3 is 5.97 Å². The fraction of sp³-hybridized carbons (Fsp3) is 0.722. The molecular formula is C18H29NO3. The molecule has 1 saturated carbocycles. The number of allylic oxidation sites excluding steroid dienone is 2. The van der Waals surface area contributed by atoms with Crippen molar-refractivity contribution in [3.63, 3.8) is 0 Å². The molecule has 3 atom stereocenters. The number of hydrogen-bond acceptors (Lipinski definition) is 4. The number of methoxy groups -OCH3 is 1. The summed E-state index contributed by atoms with van der Waals surface area (Å²) < 4.78 is 10.9. The summed E-state index contributed by atoms with van der Waals surface area (Å²) in [6.07, 6.45) is 11.6. The Labute approximate surface area is 133 Å². The molecule has 2 unspecified atom stereocenters. The molecule has 2 rings (SSSR count). The van der Waals surface area contributed by atoms with Crippen molar-refractivity contribution < 1.29 is 14.3 Å². The molecule has 0 aromatic carbocycles. The molecule has 0 radical (unpaired) electrons. The van der Waals surface area contributed by atoms with Gasteiger partial charge in [-0.3, -0.25) is 4.79 Å². The van der Waals surface area contributed by atoms with Crippen LogP contribution in [0.15, 0.2) is 23.6 Å². The third kappa shape index (κ3) is 5.08. The summed E-state index contributed by atoms with van der Waals surface area (Å²) in [4.78, 5) is 11.3. The molecule has 0 saturated heterocycles. The van der Waals surface area contributed by atoms with Crippen LogP contribution in [0.5, 0.6) is 0 Å². The Bertz CT molecular complexity index is 442. The minimum atomic E-state index is -0.105. The number of esters is 1. The van der Waals surface area contributed by atoms with Gasteiger partial charge in [-0.05, 0) is 50.5 Å². The van der Waals surface area contributed by atoms with Crippen molar-refractivity contribution in [2.75, 3.05) is 7.11 Å². The van der Waals surface area contributed by atoms with Gasteiger partial charge in [0.2, 0.25) is 0 Å². The van der Waals surface area contributed by atoms with E-state index in [0.29, 0.717) is 18.4 Å². The number of ether oxygens (including phenoxy) is 2. The Morgan fingerprint density at radius 3 is 2.95 bits per heavy atom. The van der Waals surface area contributed by atoms with Crippen LogP contribution in [0.25, 0.3) is 0 Å². The smallest absolute Gasteiger partial charge is 0.305 e. The average Bonchev–Trinajstić information content (AvgIpc) is 2.52. The molecule has 0 aromatic heterocycles. The lowest BCUT2D eigenvalue weighted by atomic mass is 9.84.